The molecule has 0 unspecified atom stereocenters. The largest absolute Gasteiger partial charge is 0.382 e. The molecule has 0 bridgehead atoms. The van der Waals surface area contributed by atoms with E-state index in [9.17, 15) is 9.59 Å². The molecule has 33 heavy (non-hydrogen) atoms. The highest BCUT2D eigenvalue weighted by molar-refractivity contribution is 5.95. The van der Waals surface area contributed by atoms with Gasteiger partial charge in [0, 0.05) is 37.6 Å². The number of nitrogens with zero attached hydrogens (tertiary/aromatic N) is 4. The van der Waals surface area contributed by atoms with Gasteiger partial charge in [0.15, 0.2) is 0 Å². The van der Waals surface area contributed by atoms with Crippen molar-refractivity contribution < 1.29 is 9.59 Å². The molecule has 0 aliphatic carbocycles. The maximum absolute atomic E-state index is 12.7. The van der Waals surface area contributed by atoms with Gasteiger partial charge in [-0.15, -0.1) is 0 Å². The predicted octanol–water partition coefficient (Wildman–Crippen LogP) is 2.04. The zero-order valence-electron chi connectivity index (χ0n) is 18.5. The predicted molar refractivity (Wildman–Crippen MR) is 125 cm³/mol. The molecule has 4 rings (SSSR count). The quantitative estimate of drug-likeness (QED) is 0.392. The first-order valence-electron chi connectivity index (χ1n) is 11.0. The molecule has 0 saturated carbocycles. The van der Waals surface area contributed by atoms with E-state index in [1.54, 1.807) is 19.1 Å². The topological polar surface area (TPSA) is 138 Å². The van der Waals surface area contributed by atoms with Gasteiger partial charge in [-0.2, -0.15) is 0 Å². The first kappa shape index (κ1) is 22.3. The van der Waals surface area contributed by atoms with Gasteiger partial charge in [0.2, 0.25) is 5.91 Å². The van der Waals surface area contributed by atoms with E-state index in [1.165, 1.54) is 6.33 Å². The first-order valence-corrected chi connectivity index (χ1v) is 11.0. The minimum Gasteiger partial charge on any atom is -0.382 e. The highest BCUT2D eigenvalue weighted by Crippen LogP contribution is 2.21. The number of amidine groups is 1. The summed E-state index contributed by atoms with van der Waals surface area (Å²) in [5.74, 6) is 0.211. The van der Waals surface area contributed by atoms with Crippen molar-refractivity contribution in [1.29, 1.82) is 5.41 Å². The summed E-state index contributed by atoms with van der Waals surface area (Å²) in [5, 5.41) is 11.4. The molecule has 4 N–H and O–H groups in total. The first-order chi connectivity index (χ1) is 15.9. The van der Waals surface area contributed by atoms with Crippen LogP contribution in [0.4, 0.5) is 0 Å². The maximum Gasteiger partial charge on any atom is 0.270 e. The van der Waals surface area contributed by atoms with E-state index in [0.29, 0.717) is 23.9 Å². The number of nitrogens with two attached hydrogens (primary N) is 1. The van der Waals surface area contributed by atoms with Gasteiger partial charge in [-0.25, -0.2) is 15.0 Å². The molecular weight excluding hydrogens is 418 g/mol. The number of rotatable bonds is 6. The van der Waals surface area contributed by atoms with Gasteiger partial charge in [-0.3, -0.25) is 15.0 Å². The fourth-order valence-corrected chi connectivity index (χ4v) is 4.08. The average molecular weight is 446 g/mol. The number of pyridine rings is 1. The number of hydrogen-bond donors (Lipinski definition) is 3. The molecule has 3 aromatic rings. The Labute approximate surface area is 191 Å². The molecule has 9 heteroatoms. The molecule has 2 amide bonds. The molecule has 1 aliphatic heterocycles. The number of likely N-dealkylation sites (tertiary alicyclic amines) is 1. The number of piperidine rings is 1. The molecule has 170 valence electrons. The molecule has 0 atom stereocenters. The van der Waals surface area contributed by atoms with Gasteiger partial charge in [0.25, 0.3) is 5.91 Å². The van der Waals surface area contributed by atoms with E-state index in [4.69, 9.17) is 11.1 Å². The Bertz CT molecular complexity index is 1200. The molecule has 1 aromatic carbocycles. The van der Waals surface area contributed by atoms with Crippen molar-refractivity contribution in [1.82, 2.24) is 25.2 Å². The van der Waals surface area contributed by atoms with Crippen LogP contribution >= 0.6 is 0 Å². The van der Waals surface area contributed by atoms with Crippen molar-refractivity contribution in [3.63, 3.8) is 0 Å². The van der Waals surface area contributed by atoms with E-state index in [0.717, 1.165) is 54.5 Å². The van der Waals surface area contributed by atoms with E-state index in [-0.39, 0.29) is 17.6 Å². The molecule has 0 radical (unpaired) electrons. The number of nitrogen functional groups attached to an aromatic ring is 1. The second-order valence-corrected chi connectivity index (χ2v) is 8.37. The monoisotopic (exact) mass is 445 g/mol. The molecule has 0 spiro atoms. The minimum absolute atomic E-state index is 0.0837. The van der Waals surface area contributed by atoms with Crippen LogP contribution in [0, 0.1) is 11.3 Å². The van der Waals surface area contributed by atoms with E-state index >= 15 is 0 Å². The highest BCUT2D eigenvalue weighted by atomic mass is 16.2. The molecular formula is C24H27N7O2. The summed E-state index contributed by atoms with van der Waals surface area (Å²) in [6, 6.07) is 11.1. The van der Waals surface area contributed by atoms with Gasteiger partial charge >= 0.3 is 0 Å². The lowest BCUT2D eigenvalue weighted by Crippen LogP contribution is -2.37. The SMILES string of the molecule is CC(=O)N1CCC(Cc2cc(C(=O)NCc3ccc4ccc(C(=N)N)nc4c3)ncn2)CC1. The third-order valence-corrected chi connectivity index (χ3v) is 6.00. The van der Waals surface area contributed by atoms with Crippen molar-refractivity contribution in [3.8, 4) is 0 Å². The van der Waals surface area contributed by atoms with Crippen LogP contribution in [0.2, 0.25) is 0 Å². The number of carbonyl (C=O) groups excluding carboxylic acids is 2. The van der Waals surface area contributed by atoms with Crippen molar-refractivity contribution in [2.75, 3.05) is 13.1 Å². The summed E-state index contributed by atoms with van der Waals surface area (Å²) in [4.78, 5) is 38.9. The van der Waals surface area contributed by atoms with Crippen LogP contribution in [0.15, 0.2) is 42.7 Å². The molecule has 1 aliphatic rings. The van der Waals surface area contributed by atoms with Gasteiger partial charge in [-0.05, 0) is 48.9 Å². The third-order valence-electron chi connectivity index (χ3n) is 6.00. The molecule has 1 saturated heterocycles. The standard InChI is InChI=1S/C24H27N7O2/c1-15(32)31-8-6-16(7-9-31)10-19-12-22(29-14-28-19)24(33)27-13-17-2-3-18-4-5-20(23(25)26)30-21(18)11-17/h2-5,11-12,14,16H,6-10,13H2,1H3,(H3,25,26)(H,27,33). The Kier molecular flexibility index (Phi) is 6.58. The highest BCUT2D eigenvalue weighted by Gasteiger charge is 2.21. The number of fused-ring (bicyclic) bond motifs is 1. The van der Waals surface area contributed by atoms with Crippen LogP contribution in [0.3, 0.4) is 0 Å². The summed E-state index contributed by atoms with van der Waals surface area (Å²) in [5.41, 5.74) is 8.72. The number of nitrogens with one attached hydrogen (secondary N) is 2. The lowest BCUT2D eigenvalue weighted by molar-refractivity contribution is -0.130. The van der Waals surface area contributed by atoms with Crippen molar-refractivity contribution in [3.05, 3.63) is 65.4 Å². The molecule has 1 fully saturated rings. The Morgan fingerprint density at radius 2 is 1.88 bits per heavy atom. The van der Waals surface area contributed by atoms with E-state index in [2.05, 4.69) is 20.3 Å². The fourth-order valence-electron chi connectivity index (χ4n) is 4.08. The summed E-state index contributed by atoms with van der Waals surface area (Å²) in [6.07, 6.45) is 4.07. The van der Waals surface area contributed by atoms with Gasteiger partial charge in [-0.1, -0.05) is 18.2 Å². The number of amides is 2. The number of carbonyl (C=O) groups is 2. The van der Waals surface area contributed by atoms with Gasteiger partial charge < -0.3 is 16.0 Å². The zero-order chi connectivity index (χ0) is 23.4. The van der Waals surface area contributed by atoms with Crippen LogP contribution in [0.5, 0.6) is 0 Å². The molecule has 3 heterocycles. The summed E-state index contributed by atoms with van der Waals surface area (Å²) in [6.45, 7) is 3.47. The van der Waals surface area contributed by atoms with Gasteiger partial charge in [0.05, 0.1) is 5.52 Å². The minimum atomic E-state index is -0.268. The molecule has 9 nitrogen and oxygen atoms in total. The lowest BCUT2D eigenvalue weighted by atomic mass is 9.92. The summed E-state index contributed by atoms with van der Waals surface area (Å²) >= 11 is 0. The van der Waals surface area contributed by atoms with Crippen LogP contribution < -0.4 is 11.1 Å². The van der Waals surface area contributed by atoms with Crippen molar-refractivity contribution in [2.24, 2.45) is 11.7 Å². The van der Waals surface area contributed by atoms with E-state index in [1.807, 2.05) is 29.2 Å². The van der Waals surface area contributed by atoms with Gasteiger partial charge in [0.1, 0.15) is 23.6 Å². The Hall–Kier alpha value is -3.88. The van der Waals surface area contributed by atoms with Crippen molar-refractivity contribution in [2.45, 2.75) is 32.7 Å². The second-order valence-electron chi connectivity index (χ2n) is 8.37. The zero-order valence-corrected chi connectivity index (χ0v) is 18.5. The Morgan fingerprint density at radius 1 is 1.12 bits per heavy atom. The van der Waals surface area contributed by atoms with Crippen molar-refractivity contribution >= 4 is 28.6 Å². The number of benzene rings is 1. The van der Waals surface area contributed by atoms with E-state index < -0.39 is 0 Å². The normalized spacial score (nSPS) is 14.3. The second kappa shape index (κ2) is 9.72. The fraction of sp³-hybridized carbons (Fsp3) is 0.333. The van der Waals surface area contributed by atoms with Crippen LogP contribution in [-0.2, 0) is 17.8 Å². The average Bonchev–Trinajstić information content (AvgIpc) is 2.82. The third kappa shape index (κ3) is 5.49. The summed E-state index contributed by atoms with van der Waals surface area (Å²) < 4.78 is 0. The smallest absolute Gasteiger partial charge is 0.270 e. The van der Waals surface area contributed by atoms with Crippen LogP contribution in [0.25, 0.3) is 10.9 Å². The molecule has 2 aromatic heterocycles. The van der Waals surface area contributed by atoms with Crippen LogP contribution in [-0.4, -0.2) is 50.6 Å². The Morgan fingerprint density at radius 3 is 2.61 bits per heavy atom. The Balaban J connectivity index is 1.37. The lowest BCUT2D eigenvalue weighted by Gasteiger charge is -2.31. The maximum atomic E-state index is 12.7. The summed E-state index contributed by atoms with van der Waals surface area (Å²) in [7, 11) is 0. The van der Waals surface area contributed by atoms with Crippen LogP contribution in [0.1, 0.15) is 47.2 Å². The number of aromatic nitrogens is 3. The number of hydrogen-bond acceptors (Lipinski definition) is 6.